The Morgan fingerprint density at radius 1 is 1.05 bits per heavy atom. The summed E-state index contributed by atoms with van der Waals surface area (Å²) in [6, 6.07) is 10.3. The van der Waals surface area contributed by atoms with Crippen molar-refractivity contribution < 1.29 is 0 Å². The molecular weight excluding hydrogens is 246 g/mol. The molecule has 0 saturated carbocycles. The molecule has 3 nitrogen and oxygen atoms in total. The molecule has 110 valence electrons. The normalized spacial score (nSPS) is 25.3. The second-order valence-electron chi connectivity index (χ2n) is 6.28. The average molecular weight is 273 g/mol. The van der Waals surface area contributed by atoms with Crippen LogP contribution in [0.4, 0.5) is 5.69 Å². The van der Waals surface area contributed by atoms with Crippen LogP contribution in [0.15, 0.2) is 24.3 Å². The van der Waals surface area contributed by atoms with Crippen molar-refractivity contribution in [3.63, 3.8) is 0 Å². The lowest BCUT2D eigenvalue weighted by atomic mass is 10.0. The predicted molar refractivity (Wildman–Crippen MR) is 85.2 cm³/mol. The lowest BCUT2D eigenvalue weighted by Gasteiger charge is -2.38. The van der Waals surface area contributed by atoms with Crippen molar-refractivity contribution >= 4 is 5.69 Å². The number of hydrogen-bond acceptors (Lipinski definition) is 3. The van der Waals surface area contributed by atoms with Gasteiger partial charge in [0.15, 0.2) is 0 Å². The van der Waals surface area contributed by atoms with E-state index >= 15 is 0 Å². The number of nitrogens with zero attached hydrogens (tertiary/aromatic N) is 2. The Morgan fingerprint density at radius 3 is 2.30 bits per heavy atom. The third-order valence-corrected chi connectivity index (χ3v) is 4.95. The van der Waals surface area contributed by atoms with Gasteiger partial charge in [-0.15, -0.1) is 0 Å². The zero-order chi connectivity index (χ0) is 13.9. The van der Waals surface area contributed by atoms with E-state index in [0.29, 0.717) is 6.04 Å². The molecule has 2 aliphatic heterocycles. The van der Waals surface area contributed by atoms with Gasteiger partial charge in [0.2, 0.25) is 0 Å². The standard InChI is InChI=1S/C17H27N3/c1-2-14-3-5-16(6-4-14)19-11-8-17(9-12-19)20-10-7-15(18)13-20/h3-6,15,17H,2,7-13,18H2,1H3/t15-/m1/s1. The monoisotopic (exact) mass is 273 g/mol. The molecule has 0 radical (unpaired) electrons. The maximum absolute atomic E-state index is 6.03. The van der Waals surface area contributed by atoms with E-state index in [0.717, 1.165) is 19.0 Å². The van der Waals surface area contributed by atoms with Crippen molar-refractivity contribution in [3.8, 4) is 0 Å². The fourth-order valence-electron chi connectivity index (χ4n) is 3.58. The first-order chi connectivity index (χ1) is 9.76. The Balaban J connectivity index is 1.55. The minimum atomic E-state index is 0.412. The van der Waals surface area contributed by atoms with Gasteiger partial charge >= 0.3 is 0 Å². The van der Waals surface area contributed by atoms with Gasteiger partial charge in [0.1, 0.15) is 0 Å². The summed E-state index contributed by atoms with van der Waals surface area (Å²) in [7, 11) is 0. The van der Waals surface area contributed by atoms with Crippen LogP contribution in [-0.4, -0.2) is 43.2 Å². The van der Waals surface area contributed by atoms with E-state index in [4.69, 9.17) is 5.73 Å². The van der Waals surface area contributed by atoms with Crippen molar-refractivity contribution in [3.05, 3.63) is 29.8 Å². The third kappa shape index (κ3) is 2.99. The minimum Gasteiger partial charge on any atom is -0.371 e. The van der Waals surface area contributed by atoms with E-state index in [-0.39, 0.29) is 0 Å². The number of hydrogen-bond donors (Lipinski definition) is 1. The summed E-state index contributed by atoms with van der Waals surface area (Å²) in [6.45, 7) is 6.89. The predicted octanol–water partition coefficient (Wildman–Crippen LogP) is 2.25. The molecule has 2 saturated heterocycles. The van der Waals surface area contributed by atoms with Gasteiger partial charge in [0.25, 0.3) is 0 Å². The molecule has 2 heterocycles. The molecule has 0 bridgehead atoms. The molecule has 2 aliphatic rings. The Kier molecular flexibility index (Phi) is 4.27. The first kappa shape index (κ1) is 13.9. The maximum Gasteiger partial charge on any atom is 0.0366 e. The molecule has 0 aliphatic carbocycles. The topological polar surface area (TPSA) is 32.5 Å². The van der Waals surface area contributed by atoms with Gasteiger partial charge < -0.3 is 10.6 Å². The van der Waals surface area contributed by atoms with E-state index in [1.807, 2.05) is 0 Å². The number of piperidine rings is 1. The number of aryl methyl sites for hydroxylation is 1. The smallest absolute Gasteiger partial charge is 0.0366 e. The van der Waals surface area contributed by atoms with Crippen molar-refractivity contribution in [2.75, 3.05) is 31.1 Å². The molecular formula is C17H27N3. The highest BCUT2D eigenvalue weighted by molar-refractivity contribution is 5.48. The van der Waals surface area contributed by atoms with Crippen molar-refractivity contribution in [1.29, 1.82) is 0 Å². The molecule has 3 heteroatoms. The SMILES string of the molecule is CCc1ccc(N2CCC(N3CC[C@@H](N)C3)CC2)cc1. The third-order valence-electron chi connectivity index (χ3n) is 4.95. The highest BCUT2D eigenvalue weighted by atomic mass is 15.2. The molecule has 1 aromatic carbocycles. The molecule has 0 aromatic heterocycles. The largest absolute Gasteiger partial charge is 0.371 e. The van der Waals surface area contributed by atoms with Crippen LogP contribution < -0.4 is 10.6 Å². The van der Waals surface area contributed by atoms with Crippen LogP contribution in [0.5, 0.6) is 0 Å². The van der Waals surface area contributed by atoms with Crippen molar-refractivity contribution in [1.82, 2.24) is 4.90 Å². The fraction of sp³-hybridized carbons (Fsp3) is 0.647. The molecule has 2 fully saturated rings. The fourth-order valence-corrected chi connectivity index (χ4v) is 3.58. The summed E-state index contributed by atoms with van der Waals surface area (Å²) in [5.41, 5.74) is 8.84. The Bertz CT molecular complexity index is 420. The van der Waals surface area contributed by atoms with Crippen LogP contribution in [0.1, 0.15) is 31.7 Å². The second-order valence-corrected chi connectivity index (χ2v) is 6.28. The lowest BCUT2D eigenvalue weighted by molar-refractivity contribution is 0.205. The van der Waals surface area contributed by atoms with E-state index in [9.17, 15) is 0 Å². The molecule has 20 heavy (non-hydrogen) atoms. The van der Waals surface area contributed by atoms with Crippen LogP contribution in [0.3, 0.4) is 0 Å². The van der Waals surface area contributed by atoms with Crippen molar-refractivity contribution in [2.24, 2.45) is 5.73 Å². The summed E-state index contributed by atoms with van der Waals surface area (Å²) >= 11 is 0. The zero-order valence-corrected chi connectivity index (χ0v) is 12.6. The highest BCUT2D eigenvalue weighted by Gasteiger charge is 2.29. The van der Waals surface area contributed by atoms with Crippen molar-refractivity contribution in [2.45, 2.75) is 44.7 Å². The van der Waals surface area contributed by atoms with E-state index in [1.54, 1.807) is 0 Å². The first-order valence-corrected chi connectivity index (χ1v) is 8.10. The molecule has 0 unspecified atom stereocenters. The maximum atomic E-state index is 6.03. The Hall–Kier alpha value is -1.06. The molecule has 1 aromatic rings. The number of likely N-dealkylation sites (tertiary alicyclic amines) is 1. The van der Waals surface area contributed by atoms with E-state index in [1.165, 1.54) is 50.1 Å². The van der Waals surface area contributed by atoms with Crippen LogP contribution in [0.2, 0.25) is 0 Å². The van der Waals surface area contributed by atoms with Gasteiger partial charge in [0.05, 0.1) is 0 Å². The van der Waals surface area contributed by atoms with Crippen LogP contribution >= 0.6 is 0 Å². The molecule has 3 rings (SSSR count). The summed E-state index contributed by atoms with van der Waals surface area (Å²) in [6.07, 6.45) is 4.86. The Labute approximate surface area is 122 Å². The minimum absolute atomic E-state index is 0.412. The summed E-state index contributed by atoms with van der Waals surface area (Å²) in [5.74, 6) is 0. The van der Waals surface area contributed by atoms with Crippen LogP contribution in [-0.2, 0) is 6.42 Å². The van der Waals surface area contributed by atoms with Crippen LogP contribution in [0, 0.1) is 0 Å². The van der Waals surface area contributed by atoms with Gasteiger partial charge in [-0.3, -0.25) is 4.90 Å². The zero-order valence-electron chi connectivity index (χ0n) is 12.6. The molecule has 2 N–H and O–H groups in total. The first-order valence-electron chi connectivity index (χ1n) is 8.10. The van der Waals surface area contributed by atoms with Gasteiger partial charge in [-0.1, -0.05) is 19.1 Å². The number of rotatable bonds is 3. The highest BCUT2D eigenvalue weighted by Crippen LogP contribution is 2.25. The molecule has 0 amide bonds. The lowest BCUT2D eigenvalue weighted by Crippen LogP contribution is -2.44. The van der Waals surface area contributed by atoms with E-state index < -0.39 is 0 Å². The quantitative estimate of drug-likeness (QED) is 0.917. The summed E-state index contributed by atoms with van der Waals surface area (Å²) in [5, 5.41) is 0. The van der Waals surface area contributed by atoms with Gasteiger partial charge in [-0.05, 0) is 43.4 Å². The Morgan fingerprint density at radius 2 is 1.75 bits per heavy atom. The number of benzene rings is 1. The van der Waals surface area contributed by atoms with Gasteiger partial charge in [-0.25, -0.2) is 0 Å². The number of nitrogens with two attached hydrogens (primary N) is 1. The number of anilines is 1. The molecule has 0 spiro atoms. The average Bonchev–Trinajstić information content (AvgIpc) is 2.94. The van der Waals surface area contributed by atoms with Gasteiger partial charge in [-0.2, -0.15) is 0 Å². The molecule has 1 atom stereocenters. The second kappa shape index (κ2) is 6.15. The van der Waals surface area contributed by atoms with Gasteiger partial charge in [0, 0.05) is 44.0 Å². The summed E-state index contributed by atoms with van der Waals surface area (Å²) in [4.78, 5) is 5.15. The van der Waals surface area contributed by atoms with E-state index in [2.05, 4.69) is 41.0 Å². The van der Waals surface area contributed by atoms with Crippen LogP contribution in [0.25, 0.3) is 0 Å². The summed E-state index contributed by atoms with van der Waals surface area (Å²) < 4.78 is 0.